The molecule has 0 N–H and O–H groups in total. The van der Waals surface area contributed by atoms with Gasteiger partial charge in [-0.25, -0.2) is 0 Å². The van der Waals surface area contributed by atoms with Gasteiger partial charge in [-0.3, -0.25) is 10.1 Å². The van der Waals surface area contributed by atoms with Gasteiger partial charge in [0.25, 0.3) is 5.69 Å². The molecule has 0 atom stereocenters. The first-order valence-corrected chi connectivity index (χ1v) is 7.37. The van der Waals surface area contributed by atoms with Crippen molar-refractivity contribution >= 4 is 23.0 Å². The lowest BCUT2D eigenvalue weighted by molar-refractivity contribution is -0.384. The van der Waals surface area contributed by atoms with Crippen molar-refractivity contribution in [3.63, 3.8) is 0 Å². The second kappa shape index (κ2) is 5.74. The van der Waals surface area contributed by atoms with E-state index in [1.54, 1.807) is 6.07 Å². The molecule has 0 bridgehead atoms. The van der Waals surface area contributed by atoms with Crippen LogP contribution in [0.1, 0.15) is 16.7 Å². The van der Waals surface area contributed by atoms with Crippen LogP contribution < -0.4 is 4.90 Å². The monoisotopic (exact) mass is 302 g/mol. The van der Waals surface area contributed by atoms with Crippen molar-refractivity contribution in [1.82, 2.24) is 0 Å². The summed E-state index contributed by atoms with van der Waals surface area (Å²) in [6.07, 6.45) is 0.907. The number of hydrogen-bond donors (Lipinski definition) is 0. The molecule has 0 aromatic heterocycles. The Labute approximate surface area is 128 Å². The molecule has 5 heteroatoms. The second-order valence-corrected chi connectivity index (χ2v) is 5.42. The summed E-state index contributed by atoms with van der Waals surface area (Å²) in [5.74, 6) is 0.282. The van der Waals surface area contributed by atoms with Crippen molar-refractivity contribution in [2.75, 3.05) is 11.4 Å². The zero-order valence-electron chi connectivity index (χ0n) is 11.5. The van der Waals surface area contributed by atoms with E-state index in [0.717, 1.165) is 18.5 Å². The number of nitro benzene ring substituents is 1. The lowest BCUT2D eigenvalue weighted by Crippen LogP contribution is -2.30. The number of nitro groups is 1. The van der Waals surface area contributed by atoms with Crippen LogP contribution >= 0.6 is 11.6 Å². The first-order valence-electron chi connectivity index (χ1n) is 6.84. The van der Waals surface area contributed by atoms with Crippen LogP contribution in [0.15, 0.2) is 42.5 Å². The fraction of sp³-hybridized carbons (Fsp3) is 0.250. The van der Waals surface area contributed by atoms with Gasteiger partial charge in [-0.05, 0) is 29.2 Å². The summed E-state index contributed by atoms with van der Waals surface area (Å²) in [6.45, 7) is 1.50. The van der Waals surface area contributed by atoms with E-state index in [9.17, 15) is 10.1 Å². The average Bonchev–Trinajstić information content (AvgIpc) is 2.53. The average molecular weight is 303 g/mol. The topological polar surface area (TPSA) is 46.4 Å². The van der Waals surface area contributed by atoms with Crippen LogP contribution in [0.2, 0.25) is 0 Å². The standard InChI is InChI=1S/C16H15ClN2O2/c17-10-12-5-6-15(16(9-12)19(20)21)18-8-7-13-3-1-2-4-14(13)11-18/h1-6,9H,7-8,10-11H2. The molecule has 0 amide bonds. The molecular formula is C16H15ClN2O2. The predicted octanol–water partition coefficient (Wildman–Crippen LogP) is 3.90. The van der Waals surface area contributed by atoms with Gasteiger partial charge in [0.1, 0.15) is 5.69 Å². The van der Waals surface area contributed by atoms with Crippen LogP contribution in [0.4, 0.5) is 11.4 Å². The minimum atomic E-state index is -0.327. The van der Waals surface area contributed by atoms with E-state index in [1.807, 2.05) is 24.3 Å². The maximum atomic E-state index is 11.3. The SMILES string of the molecule is O=[N+]([O-])c1cc(CCl)ccc1N1CCc2ccccc2C1. The van der Waals surface area contributed by atoms with Crippen molar-refractivity contribution < 1.29 is 4.92 Å². The molecule has 1 heterocycles. The summed E-state index contributed by atoms with van der Waals surface area (Å²) >= 11 is 5.77. The maximum Gasteiger partial charge on any atom is 0.292 e. The molecule has 0 fully saturated rings. The van der Waals surface area contributed by atoms with Crippen LogP contribution in [0.5, 0.6) is 0 Å². The van der Waals surface area contributed by atoms with Gasteiger partial charge < -0.3 is 4.90 Å². The first-order chi connectivity index (χ1) is 10.2. The molecule has 21 heavy (non-hydrogen) atoms. The zero-order valence-corrected chi connectivity index (χ0v) is 12.2. The predicted molar refractivity (Wildman–Crippen MR) is 83.8 cm³/mol. The van der Waals surface area contributed by atoms with Crippen molar-refractivity contribution in [3.8, 4) is 0 Å². The molecule has 108 valence electrons. The van der Waals surface area contributed by atoms with E-state index in [4.69, 9.17) is 11.6 Å². The van der Waals surface area contributed by atoms with Crippen molar-refractivity contribution in [3.05, 3.63) is 69.3 Å². The minimum absolute atomic E-state index is 0.132. The van der Waals surface area contributed by atoms with Crippen molar-refractivity contribution in [1.29, 1.82) is 0 Å². The Morgan fingerprint density at radius 3 is 2.67 bits per heavy atom. The van der Waals surface area contributed by atoms with Crippen LogP contribution in [0.3, 0.4) is 0 Å². The van der Waals surface area contributed by atoms with Gasteiger partial charge in [-0.2, -0.15) is 0 Å². The molecule has 4 nitrogen and oxygen atoms in total. The minimum Gasteiger partial charge on any atom is -0.361 e. The molecule has 0 spiro atoms. The van der Waals surface area contributed by atoms with E-state index in [0.29, 0.717) is 12.2 Å². The summed E-state index contributed by atoms with van der Waals surface area (Å²) in [6, 6.07) is 13.5. The molecule has 1 aliphatic rings. The maximum absolute atomic E-state index is 11.3. The number of nitrogens with zero attached hydrogens (tertiary/aromatic N) is 2. The third-order valence-corrected chi connectivity index (χ3v) is 4.17. The van der Waals surface area contributed by atoms with Crippen LogP contribution in [0.25, 0.3) is 0 Å². The Bertz CT molecular complexity index is 688. The van der Waals surface area contributed by atoms with Gasteiger partial charge in [0.15, 0.2) is 0 Å². The second-order valence-electron chi connectivity index (χ2n) is 5.15. The smallest absolute Gasteiger partial charge is 0.292 e. The summed E-state index contributed by atoms with van der Waals surface area (Å²) in [5.41, 5.74) is 4.13. The highest BCUT2D eigenvalue weighted by molar-refractivity contribution is 6.17. The number of hydrogen-bond acceptors (Lipinski definition) is 3. The van der Waals surface area contributed by atoms with Gasteiger partial charge in [0.2, 0.25) is 0 Å². The molecule has 1 aliphatic heterocycles. The zero-order chi connectivity index (χ0) is 14.8. The molecule has 2 aromatic carbocycles. The number of anilines is 1. The number of halogens is 1. The third kappa shape index (κ3) is 2.72. The largest absolute Gasteiger partial charge is 0.361 e. The highest BCUT2D eigenvalue weighted by atomic mass is 35.5. The number of benzene rings is 2. The Hall–Kier alpha value is -2.07. The molecule has 3 rings (SSSR count). The Morgan fingerprint density at radius 1 is 1.19 bits per heavy atom. The van der Waals surface area contributed by atoms with Crippen LogP contribution in [-0.4, -0.2) is 11.5 Å². The molecule has 0 saturated carbocycles. The molecule has 0 radical (unpaired) electrons. The van der Waals surface area contributed by atoms with Gasteiger partial charge in [-0.1, -0.05) is 30.3 Å². The van der Waals surface area contributed by atoms with Gasteiger partial charge >= 0.3 is 0 Å². The van der Waals surface area contributed by atoms with E-state index in [-0.39, 0.29) is 16.5 Å². The molecule has 0 aliphatic carbocycles. The molecule has 2 aromatic rings. The summed E-state index contributed by atoms with van der Waals surface area (Å²) < 4.78 is 0. The fourth-order valence-electron chi connectivity index (χ4n) is 2.77. The summed E-state index contributed by atoms with van der Waals surface area (Å²) in [5, 5.41) is 11.3. The fourth-order valence-corrected chi connectivity index (χ4v) is 2.93. The summed E-state index contributed by atoms with van der Waals surface area (Å²) in [4.78, 5) is 13.1. The Kier molecular flexibility index (Phi) is 3.80. The van der Waals surface area contributed by atoms with E-state index < -0.39 is 0 Å². The molecule has 0 unspecified atom stereocenters. The normalized spacial score (nSPS) is 13.9. The molecule has 0 saturated heterocycles. The van der Waals surface area contributed by atoms with Crippen molar-refractivity contribution in [2.24, 2.45) is 0 Å². The van der Waals surface area contributed by atoms with Gasteiger partial charge in [0, 0.05) is 25.0 Å². The van der Waals surface area contributed by atoms with Gasteiger partial charge in [0.05, 0.1) is 4.92 Å². The first kappa shape index (κ1) is 13.9. The van der Waals surface area contributed by atoms with E-state index in [2.05, 4.69) is 17.0 Å². The summed E-state index contributed by atoms with van der Waals surface area (Å²) in [7, 11) is 0. The number of rotatable bonds is 3. The quantitative estimate of drug-likeness (QED) is 0.491. The lowest BCUT2D eigenvalue weighted by atomic mass is 9.99. The highest BCUT2D eigenvalue weighted by Crippen LogP contribution is 2.33. The van der Waals surface area contributed by atoms with Crippen molar-refractivity contribution in [2.45, 2.75) is 18.8 Å². The molecular weight excluding hydrogens is 288 g/mol. The third-order valence-electron chi connectivity index (χ3n) is 3.86. The Morgan fingerprint density at radius 2 is 1.95 bits per heavy atom. The Balaban J connectivity index is 1.96. The number of fused-ring (bicyclic) bond motifs is 1. The number of alkyl halides is 1. The van der Waals surface area contributed by atoms with E-state index in [1.165, 1.54) is 11.1 Å². The van der Waals surface area contributed by atoms with Gasteiger partial charge in [-0.15, -0.1) is 11.6 Å². The van der Waals surface area contributed by atoms with Crippen LogP contribution in [0, 0.1) is 10.1 Å². The van der Waals surface area contributed by atoms with E-state index >= 15 is 0 Å². The highest BCUT2D eigenvalue weighted by Gasteiger charge is 2.23. The lowest BCUT2D eigenvalue weighted by Gasteiger charge is -2.30. The van der Waals surface area contributed by atoms with Crippen LogP contribution in [-0.2, 0) is 18.8 Å².